The highest BCUT2D eigenvalue weighted by Gasteiger charge is 2.33. The number of amides is 2. The number of nitrogens with zero attached hydrogens (tertiary/aromatic N) is 2. The number of nitrogens with one attached hydrogen (secondary N) is 1. The summed E-state index contributed by atoms with van der Waals surface area (Å²) in [4.78, 5) is 28.5. The molecule has 0 aliphatic carbocycles. The first kappa shape index (κ1) is 31.3. The van der Waals surface area contributed by atoms with Crippen molar-refractivity contribution in [1.29, 1.82) is 0 Å². The van der Waals surface area contributed by atoms with Crippen molar-refractivity contribution in [2.75, 3.05) is 24.5 Å². The van der Waals surface area contributed by atoms with Crippen LogP contribution in [-0.2, 0) is 26.2 Å². The number of hydrogen-bond donors (Lipinski definition) is 1. The van der Waals surface area contributed by atoms with Gasteiger partial charge in [-0.1, -0.05) is 61.3 Å². The number of ether oxygens (including phenoxy) is 1. The van der Waals surface area contributed by atoms with Gasteiger partial charge in [-0.2, -0.15) is 0 Å². The normalized spacial score (nSPS) is 11.9. The molecule has 0 aliphatic heterocycles. The highest BCUT2D eigenvalue weighted by molar-refractivity contribution is 7.92. The number of benzene rings is 3. The standard InChI is InChI=1S/C29H33Cl2N3O5S/c1-4-17-32-29(36)27(5-2)33(19-21-11-16-25(30)26(31)18-21)28(35)20-34(22-9-7-6-8-10-22)40(37,38)24-14-12-23(39-3)13-15-24/h6-16,18,27H,4-5,17,19-20H2,1-3H3,(H,32,36)/t27-/m1/s1. The van der Waals surface area contributed by atoms with E-state index in [-0.39, 0.29) is 17.3 Å². The average Bonchev–Trinajstić information content (AvgIpc) is 2.96. The maximum Gasteiger partial charge on any atom is 0.264 e. The molecule has 214 valence electrons. The van der Waals surface area contributed by atoms with E-state index < -0.39 is 28.5 Å². The molecular formula is C29H33Cl2N3O5S. The molecule has 3 aromatic carbocycles. The van der Waals surface area contributed by atoms with Gasteiger partial charge in [0.2, 0.25) is 11.8 Å². The third kappa shape index (κ3) is 7.68. The third-order valence-corrected chi connectivity index (χ3v) is 8.77. The molecule has 40 heavy (non-hydrogen) atoms. The highest BCUT2D eigenvalue weighted by atomic mass is 35.5. The van der Waals surface area contributed by atoms with Gasteiger partial charge in [-0.05, 0) is 66.9 Å². The van der Waals surface area contributed by atoms with Gasteiger partial charge in [0.1, 0.15) is 18.3 Å². The molecule has 0 aromatic heterocycles. The van der Waals surface area contributed by atoms with Gasteiger partial charge in [-0.15, -0.1) is 0 Å². The van der Waals surface area contributed by atoms with Crippen LogP contribution in [0.15, 0.2) is 77.7 Å². The molecule has 1 atom stereocenters. The summed E-state index contributed by atoms with van der Waals surface area (Å²) in [6.45, 7) is 3.68. The molecule has 8 nitrogen and oxygen atoms in total. The number of methoxy groups -OCH3 is 1. The molecule has 0 saturated heterocycles. The molecule has 2 amide bonds. The Morgan fingerprint density at radius 3 is 2.20 bits per heavy atom. The van der Waals surface area contributed by atoms with Gasteiger partial charge in [0.15, 0.2) is 0 Å². The predicted octanol–water partition coefficient (Wildman–Crippen LogP) is 5.53. The number of rotatable bonds is 13. The van der Waals surface area contributed by atoms with Crippen molar-refractivity contribution in [3.63, 3.8) is 0 Å². The molecule has 0 spiro atoms. The van der Waals surface area contributed by atoms with E-state index in [2.05, 4.69) is 5.32 Å². The van der Waals surface area contributed by atoms with Crippen LogP contribution in [0.4, 0.5) is 5.69 Å². The van der Waals surface area contributed by atoms with Crippen LogP contribution >= 0.6 is 23.2 Å². The molecule has 0 aliphatic rings. The second-order valence-corrected chi connectivity index (χ2v) is 11.7. The Hall–Kier alpha value is -3.27. The zero-order valence-corrected chi connectivity index (χ0v) is 25.0. The number of hydrogen-bond acceptors (Lipinski definition) is 5. The van der Waals surface area contributed by atoms with E-state index >= 15 is 0 Å². The summed E-state index contributed by atoms with van der Waals surface area (Å²) in [5.74, 6) is -0.370. The lowest BCUT2D eigenvalue weighted by Gasteiger charge is -2.33. The minimum atomic E-state index is -4.17. The minimum Gasteiger partial charge on any atom is -0.497 e. The van der Waals surface area contributed by atoms with Gasteiger partial charge in [0.05, 0.1) is 27.7 Å². The third-order valence-electron chi connectivity index (χ3n) is 6.24. The average molecular weight is 607 g/mol. The topological polar surface area (TPSA) is 96.0 Å². The van der Waals surface area contributed by atoms with E-state index in [1.54, 1.807) is 67.6 Å². The molecule has 11 heteroatoms. The largest absolute Gasteiger partial charge is 0.497 e. The van der Waals surface area contributed by atoms with Gasteiger partial charge in [0.25, 0.3) is 10.0 Å². The van der Waals surface area contributed by atoms with Crippen LogP contribution in [0, 0.1) is 0 Å². The van der Waals surface area contributed by atoms with Crippen molar-refractivity contribution in [2.24, 2.45) is 0 Å². The smallest absolute Gasteiger partial charge is 0.264 e. The van der Waals surface area contributed by atoms with E-state index in [1.165, 1.54) is 24.1 Å². The quantitative estimate of drug-likeness (QED) is 0.276. The second-order valence-electron chi connectivity index (χ2n) is 9.01. The molecule has 3 rings (SSSR count). The van der Waals surface area contributed by atoms with Crippen molar-refractivity contribution in [2.45, 2.75) is 44.2 Å². The lowest BCUT2D eigenvalue weighted by molar-refractivity contribution is -0.140. The molecule has 3 aromatic rings. The number of carbonyl (C=O) groups is 2. The summed E-state index contributed by atoms with van der Waals surface area (Å²) >= 11 is 12.3. The van der Waals surface area contributed by atoms with Crippen molar-refractivity contribution in [1.82, 2.24) is 10.2 Å². The molecular weight excluding hydrogens is 573 g/mol. The highest BCUT2D eigenvalue weighted by Crippen LogP contribution is 2.27. The SMILES string of the molecule is CCCNC(=O)[C@@H](CC)N(Cc1ccc(Cl)c(Cl)c1)C(=O)CN(c1ccccc1)S(=O)(=O)c1ccc(OC)cc1. The zero-order valence-electron chi connectivity index (χ0n) is 22.6. The van der Waals surface area contributed by atoms with Crippen molar-refractivity contribution < 1.29 is 22.7 Å². The van der Waals surface area contributed by atoms with Crippen LogP contribution in [0.2, 0.25) is 10.0 Å². The van der Waals surface area contributed by atoms with Crippen LogP contribution in [0.25, 0.3) is 0 Å². The summed E-state index contributed by atoms with van der Waals surface area (Å²) in [6, 6.07) is 18.4. The van der Waals surface area contributed by atoms with E-state index in [1.807, 2.05) is 6.92 Å². The molecule has 0 radical (unpaired) electrons. The number of carbonyl (C=O) groups excluding carboxylic acids is 2. The summed E-state index contributed by atoms with van der Waals surface area (Å²) in [6.07, 6.45) is 1.05. The molecule has 0 bridgehead atoms. The van der Waals surface area contributed by atoms with Gasteiger partial charge >= 0.3 is 0 Å². The monoisotopic (exact) mass is 605 g/mol. The van der Waals surface area contributed by atoms with Crippen LogP contribution in [0.1, 0.15) is 32.3 Å². The number of para-hydroxylation sites is 1. The number of anilines is 1. The summed E-state index contributed by atoms with van der Waals surface area (Å²) in [5.41, 5.74) is 0.957. The van der Waals surface area contributed by atoms with Crippen molar-refractivity contribution in [3.05, 3.63) is 88.4 Å². The van der Waals surface area contributed by atoms with Gasteiger partial charge < -0.3 is 15.0 Å². The number of sulfonamides is 1. The Morgan fingerprint density at radius 1 is 0.950 bits per heavy atom. The van der Waals surface area contributed by atoms with Gasteiger partial charge in [-0.25, -0.2) is 8.42 Å². The molecule has 0 heterocycles. The molecule has 0 fully saturated rings. The fourth-order valence-electron chi connectivity index (χ4n) is 4.12. The van der Waals surface area contributed by atoms with E-state index in [0.717, 1.165) is 10.7 Å². The first-order valence-electron chi connectivity index (χ1n) is 12.8. The van der Waals surface area contributed by atoms with Crippen LogP contribution in [-0.4, -0.2) is 51.4 Å². The minimum absolute atomic E-state index is 0.00582. The Bertz CT molecular complexity index is 1400. The van der Waals surface area contributed by atoms with Crippen LogP contribution in [0.5, 0.6) is 5.75 Å². The predicted molar refractivity (Wildman–Crippen MR) is 158 cm³/mol. The second kappa shape index (κ2) is 14.4. The summed E-state index contributed by atoms with van der Waals surface area (Å²) < 4.78 is 33.9. The maximum atomic E-state index is 14.0. The fraction of sp³-hybridized carbons (Fsp3) is 0.310. The lowest BCUT2D eigenvalue weighted by Crippen LogP contribution is -2.52. The van der Waals surface area contributed by atoms with Crippen molar-refractivity contribution in [3.8, 4) is 5.75 Å². The summed E-state index contributed by atoms with van der Waals surface area (Å²) in [7, 11) is -2.68. The zero-order chi connectivity index (χ0) is 29.3. The lowest BCUT2D eigenvalue weighted by atomic mass is 10.1. The Morgan fingerprint density at radius 2 is 1.62 bits per heavy atom. The molecule has 1 N–H and O–H groups in total. The fourth-order valence-corrected chi connectivity index (χ4v) is 5.85. The Kier molecular flexibility index (Phi) is 11.2. The van der Waals surface area contributed by atoms with Crippen molar-refractivity contribution >= 4 is 50.7 Å². The van der Waals surface area contributed by atoms with Crippen LogP contribution < -0.4 is 14.4 Å². The summed E-state index contributed by atoms with van der Waals surface area (Å²) in [5, 5.41) is 3.52. The maximum absolute atomic E-state index is 14.0. The first-order chi connectivity index (χ1) is 19.1. The van der Waals surface area contributed by atoms with Gasteiger partial charge in [0, 0.05) is 13.1 Å². The van der Waals surface area contributed by atoms with Gasteiger partial charge in [-0.3, -0.25) is 13.9 Å². The molecule has 0 unspecified atom stereocenters. The Labute approximate surface area is 245 Å². The van der Waals surface area contributed by atoms with Crippen LogP contribution in [0.3, 0.4) is 0 Å². The molecule has 0 saturated carbocycles. The van der Waals surface area contributed by atoms with E-state index in [4.69, 9.17) is 27.9 Å². The van der Waals surface area contributed by atoms with E-state index in [9.17, 15) is 18.0 Å². The van der Waals surface area contributed by atoms with E-state index in [0.29, 0.717) is 40.0 Å². The Balaban J connectivity index is 2.03. The first-order valence-corrected chi connectivity index (χ1v) is 15.0. The number of halogens is 2.